The minimum Gasteiger partial charge on any atom is -0.383 e. The number of methoxy groups -OCH3 is 1. The Hall–Kier alpha value is -1.10. The molecule has 0 spiro atoms. The summed E-state index contributed by atoms with van der Waals surface area (Å²) in [5.41, 5.74) is 0. The molecule has 0 saturated heterocycles. The van der Waals surface area contributed by atoms with Crippen molar-refractivity contribution in [2.24, 2.45) is 0 Å². The van der Waals surface area contributed by atoms with E-state index in [1.54, 1.807) is 7.11 Å². The minimum atomic E-state index is 0.293. The van der Waals surface area contributed by atoms with Gasteiger partial charge >= 0.3 is 6.01 Å². The molecule has 1 aromatic heterocycles. The Morgan fingerprint density at radius 3 is 2.85 bits per heavy atom. The smallest absolute Gasteiger partial charge is 0.321 e. The van der Waals surface area contributed by atoms with Gasteiger partial charge < -0.3 is 14.6 Å². The molecular formula is C8H15N3O2. The van der Waals surface area contributed by atoms with E-state index in [4.69, 9.17) is 9.26 Å². The Kier molecular flexibility index (Phi) is 3.70. The summed E-state index contributed by atoms with van der Waals surface area (Å²) in [4.78, 5) is 4.14. The van der Waals surface area contributed by atoms with Crippen LogP contribution in [0.25, 0.3) is 0 Å². The molecule has 0 saturated carbocycles. The predicted octanol–water partition coefficient (Wildman–Crippen LogP) is 1.25. The van der Waals surface area contributed by atoms with Crippen molar-refractivity contribution in [1.29, 1.82) is 0 Å². The first-order chi connectivity index (χ1) is 6.24. The van der Waals surface area contributed by atoms with Gasteiger partial charge in [0.05, 0.1) is 6.61 Å². The first-order valence-corrected chi connectivity index (χ1v) is 4.30. The monoisotopic (exact) mass is 185 g/mol. The first-order valence-electron chi connectivity index (χ1n) is 4.30. The van der Waals surface area contributed by atoms with E-state index < -0.39 is 0 Å². The van der Waals surface area contributed by atoms with Gasteiger partial charge in [0.15, 0.2) is 5.82 Å². The number of nitrogens with one attached hydrogen (secondary N) is 1. The summed E-state index contributed by atoms with van der Waals surface area (Å²) in [5, 5.41) is 6.76. The van der Waals surface area contributed by atoms with Crippen LogP contribution in [-0.4, -0.2) is 30.4 Å². The third-order valence-electron chi connectivity index (χ3n) is 1.54. The van der Waals surface area contributed by atoms with Crippen molar-refractivity contribution in [1.82, 2.24) is 10.1 Å². The molecule has 0 atom stereocenters. The zero-order chi connectivity index (χ0) is 9.68. The van der Waals surface area contributed by atoms with Gasteiger partial charge in [0.2, 0.25) is 0 Å². The number of ether oxygens (including phenoxy) is 1. The SMILES string of the molecule is COCCNc1nc(C(C)C)no1. The quantitative estimate of drug-likeness (QED) is 0.699. The summed E-state index contributed by atoms with van der Waals surface area (Å²) in [7, 11) is 1.65. The molecule has 1 heterocycles. The molecule has 0 amide bonds. The Labute approximate surface area is 77.5 Å². The summed E-state index contributed by atoms with van der Waals surface area (Å²) >= 11 is 0. The molecule has 0 bridgehead atoms. The van der Waals surface area contributed by atoms with Gasteiger partial charge in [0.25, 0.3) is 0 Å². The number of rotatable bonds is 5. The zero-order valence-electron chi connectivity index (χ0n) is 8.20. The second kappa shape index (κ2) is 4.81. The number of hydrogen-bond acceptors (Lipinski definition) is 5. The summed E-state index contributed by atoms with van der Waals surface area (Å²) in [6.07, 6.45) is 0. The van der Waals surface area contributed by atoms with Gasteiger partial charge in [-0.3, -0.25) is 0 Å². The third kappa shape index (κ3) is 3.02. The van der Waals surface area contributed by atoms with Gasteiger partial charge in [-0.05, 0) is 0 Å². The van der Waals surface area contributed by atoms with Gasteiger partial charge in [-0.2, -0.15) is 4.98 Å². The predicted molar refractivity (Wildman–Crippen MR) is 48.8 cm³/mol. The Balaban J connectivity index is 2.40. The molecule has 0 aliphatic rings. The fraction of sp³-hybridized carbons (Fsp3) is 0.750. The van der Waals surface area contributed by atoms with Crippen LogP contribution in [0.3, 0.4) is 0 Å². The van der Waals surface area contributed by atoms with E-state index in [9.17, 15) is 0 Å². The lowest BCUT2D eigenvalue weighted by Crippen LogP contribution is -2.07. The molecule has 0 radical (unpaired) electrons. The van der Waals surface area contributed by atoms with Crippen LogP contribution in [0.2, 0.25) is 0 Å². The van der Waals surface area contributed by atoms with Crippen LogP contribution < -0.4 is 5.32 Å². The molecule has 0 unspecified atom stereocenters. The summed E-state index contributed by atoms with van der Waals surface area (Å²) in [6.45, 7) is 5.34. The number of nitrogens with zero attached hydrogens (tertiary/aromatic N) is 2. The maximum absolute atomic E-state index is 4.94. The van der Waals surface area contributed by atoms with Crippen LogP contribution in [0.4, 0.5) is 6.01 Å². The van der Waals surface area contributed by atoms with Crippen molar-refractivity contribution >= 4 is 6.01 Å². The van der Waals surface area contributed by atoms with Crippen LogP contribution in [0.5, 0.6) is 0 Å². The Bertz CT molecular complexity index is 247. The van der Waals surface area contributed by atoms with Crippen molar-refractivity contribution < 1.29 is 9.26 Å². The minimum absolute atomic E-state index is 0.293. The molecule has 1 rings (SSSR count). The van der Waals surface area contributed by atoms with Gasteiger partial charge in [0.1, 0.15) is 0 Å². The van der Waals surface area contributed by atoms with Crippen LogP contribution in [0.15, 0.2) is 4.52 Å². The molecular weight excluding hydrogens is 170 g/mol. The van der Waals surface area contributed by atoms with Crippen molar-refractivity contribution in [3.63, 3.8) is 0 Å². The van der Waals surface area contributed by atoms with Gasteiger partial charge in [0, 0.05) is 19.6 Å². The summed E-state index contributed by atoms with van der Waals surface area (Å²) < 4.78 is 9.81. The van der Waals surface area contributed by atoms with Crippen molar-refractivity contribution in [3.8, 4) is 0 Å². The first kappa shape index (κ1) is 9.98. The van der Waals surface area contributed by atoms with Crippen LogP contribution in [0.1, 0.15) is 25.6 Å². The summed E-state index contributed by atoms with van der Waals surface area (Å²) in [6, 6.07) is 0.459. The van der Waals surface area contributed by atoms with E-state index in [2.05, 4.69) is 15.5 Å². The highest BCUT2D eigenvalue weighted by Crippen LogP contribution is 2.11. The fourth-order valence-corrected chi connectivity index (χ4v) is 0.801. The number of hydrogen-bond donors (Lipinski definition) is 1. The van der Waals surface area contributed by atoms with Crippen molar-refractivity contribution in [2.75, 3.05) is 25.6 Å². The Morgan fingerprint density at radius 2 is 2.31 bits per heavy atom. The molecule has 0 aliphatic carbocycles. The molecule has 0 aromatic carbocycles. The molecule has 1 N–H and O–H groups in total. The van der Waals surface area contributed by atoms with E-state index in [0.717, 1.165) is 5.82 Å². The van der Waals surface area contributed by atoms with Crippen molar-refractivity contribution in [2.45, 2.75) is 19.8 Å². The van der Waals surface area contributed by atoms with Crippen molar-refractivity contribution in [3.05, 3.63) is 5.82 Å². The average Bonchev–Trinajstić information content (AvgIpc) is 2.53. The van der Waals surface area contributed by atoms with Gasteiger partial charge in [-0.25, -0.2) is 0 Å². The molecule has 1 aromatic rings. The second-order valence-corrected chi connectivity index (χ2v) is 3.03. The van der Waals surface area contributed by atoms with E-state index >= 15 is 0 Å². The molecule has 5 nitrogen and oxygen atoms in total. The molecule has 74 valence electrons. The van der Waals surface area contributed by atoms with E-state index in [-0.39, 0.29) is 0 Å². The third-order valence-corrected chi connectivity index (χ3v) is 1.54. The van der Waals surface area contributed by atoms with Crippen LogP contribution in [-0.2, 0) is 4.74 Å². The molecule has 5 heteroatoms. The lowest BCUT2D eigenvalue weighted by molar-refractivity contribution is 0.210. The average molecular weight is 185 g/mol. The number of anilines is 1. The Morgan fingerprint density at radius 1 is 1.54 bits per heavy atom. The zero-order valence-corrected chi connectivity index (χ0v) is 8.20. The van der Waals surface area contributed by atoms with E-state index in [1.807, 2.05) is 13.8 Å². The lowest BCUT2D eigenvalue weighted by Gasteiger charge is -1.97. The van der Waals surface area contributed by atoms with Gasteiger partial charge in [-0.15, -0.1) is 0 Å². The fourth-order valence-electron chi connectivity index (χ4n) is 0.801. The van der Waals surface area contributed by atoms with Crippen LogP contribution >= 0.6 is 0 Å². The maximum Gasteiger partial charge on any atom is 0.321 e. The summed E-state index contributed by atoms with van der Waals surface area (Å²) in [5.74, 6) is 1.02. The van der Waals surface area contributed by atoms with Crippen LogP contribution in [0, 0.1) is 0 Å². The highest BCUT2D eigenvalue weighted by atomic mass is 16.5. The largest absolute Gasteiger partial charge is 0.383 e. The van der Waals surface area contributed by atoms with Gasteiger partial charge in [-0.1, -0.05) is 19.0 Å². The molecule has 13 heavy (non-hydrogen) atoms. The standard InChI is InChI=1S/C8H15N3O2/c1-6(2)7-10-8(13-11-7)9-4-5-12-3/h6H,4-5H2,1-3H3,(H,9,10,11). The molecule has 0 aliphatic heterocycles. The van der Waals surface area contributed by atoms with E-state index in [0.29, 0.717) is 25.1 Å². The maximum atomic E-state index is 4.94. The van der Waals surface area contributed by atoms with E-state index in [1.165, 1.54) is 0 Å². The normalized spacial score (nSPS) is 10.8. The second-order valence-electron chi connectivity index (χ2n) is 3.03. The number of aromatic nitrogens is 2. The topological polar surface area (TPSA) is 60.2 Å². The lowest BCUT2D eigenvalue weighted by atomic mass is 10.2. The highest BCUT2D eigenvalue weighted by molar-refractivity contribution is 5.18. The highest BCUT2D eigenvalue weighted by Gasteiger charge is 2.08. The molecule has 0 fully saturated rings.